The van der Waals surface area contributed by atoms with E-state index in [-0.39, 0.29) is 5.78 Å². The van der Waals surface area contributed by atoms with Crippen LogP contribution in [0, 0.1) is 6.92 Å². The Morgan fingerprint density at radius 3 is 2.88 bits per heavy atom. The highest BCUT2D eigenvalue weighted by molar-refractivity contribution is 7.14. The third-order valence-corrected chi connectivity index (χ3v) is 4.10. The Morgan fingerprint density at radius 1 is 1.44 bits per heavy atom. The SMILES string of the molecule is CCCc1nnsc1C(=O)c1sccc1C. The molecule has 0 unspecified atom stereocenters. The molecule has 0 aromatic carbocycles. The minimum Gasteiger partial charge on any atom is -0.287 e. The van der Waals surface area contributed by atoms with Crippen LogP contribution < -0.4 is 0 Å². The van der Waals surface area contributed by atoms with Crippen LogP contribution in [0.4, 0.5) is 0 Å². The number of aryl methyl sites for hydroxylation is 2. The fourth-order valence-corrected chi connectivity index (χ4v) is 3.08. The molecule has 0 fully saturated rings. The third kappa shape index (κ3) is 2.05. The predicted molar refractivity (Wildman–Crippen MR) is 66.4 cm³/mol. The average molecular weight is 252 g/mol. The molecule has 2 heterocycles. The maximum Gasteiger partial charge on any atom is 0.216 e. The van der Waals surface area contributed by atoms with E-state index in [1.165, 1.54) is 22.9 Å². The Kier molecular flexibility index (Phi) is 3.46. The number of hydrogen-bond acceptors (Lipinski definition) is 5. The van der Waals surface area contributed by atoms with Crippen LogP contribution in [0.3, 0.4) is 0 Å². The van der Waals surface area contributed by atoms with Crippen molar-refractivity contribution in [3.63, 3.8) is 0 Å². The fraction of sp³-hybridized carbons (Fsp3) is 0.364. The van der Waals surface area contributed by atoms with E-state index in [0.29, 0.717) is 4.88 Å². The van der Waals surface area contributed by atoms with Gasteiger partial charge in [0.05, 0.1) is 10.6 Å². The van der Waals surface area contributed by atoms with E-state index in [0.717, 1.165) is 29.0 Å². The monoisotopic (exact) mass is 252 g/mol. The van der Waals surface area contributed by atoms with Crippen molar-refractivity contribution in [2.45, 2.75) is 26.7 Å². The van der Waals surface area contributed by atoms with Gasteiger partial charge in [0, 0.05) is 0 Å². The van der Waals surface area contributed by atoms with Crippen LogP contribution in [-0.4, -0.2) is 15.4 Å². The van der Waals surface area contributed by atoms with Crippen LogP contribution >= 0.6 is 22.9 Å². The van der Waals surface area contributed by atoms with E-state index in [1.54, 1.807) is 0 Å². The summed E-state index contributed by atoms with van der Waals surface area (Å²) in [5, 5.41) is 5.96. The first-order valence-corrected chi connectivity index (χ1v) is 6.79. The lowest BCUT2D eigenvalue weighted by molar-refractivity contribution is 0.104. The molecule has 84 valence electrons. The minimum absolute atomic E-state index is 0.0750. The van der Waals surface area contributed by atoms with Crippen molar-refractivity contribution in [3.8, 4) is 0 Å². The fourth-order valence-electron chi connectivity index (χ4n) is 1.49. The van der Waals surface area contributed by atoms with Gasteiger partial charge in [-0.3, -0.25) is 4.79 Å². The Hall–Kier alpha value is -1.07. The summed E-state index contributed by atoms with van der Waals surface area (Å²) in [7, 11) is 0. The summed E-state index contributed by atoms with van der Waals surface area (Å²) in [4.78, 5) is 13.7. The maximum atomic E-state index is 12.2. The number of ketones is 1. The van der Waals surface area contributed by atoms with Crippen molar-refractivity contribution in [2.75, 3.05) is 0 Å². The average Bonchev–Trinajstić information content (AvgIpc) is 2.87. The molecule has 0 amide bonds. The first-order chi connectivity index (χ1) is 7.74. The summed E-state index contributed by atoms with van der Waals surface area (Å²) in [6, 6.07) is 1.96. The lowest BCUT2D eigenvalue weighted by Crippen LogP contribution is -2.02. The number of hydrogen-bond donors (Lipinski definition) is 0. The van der Waals surface area contributed by atoms with Gasteiger partial charge >= 0.3 is 0 Å². The quantitative estimate of drug-likeness (QED) is 0.785. The van der Waals surface area contributed by atoms with Gasteiger partial charge in [-0.15, -0.1) is 16.4 Å². The summed E-state index contributed by atoms with van der Waals surface area (Å²) in [5.74, 6) is 0.0750. The van der Waals surface area contributed by atoms with Crippen molar-refractivity contribution >= 4 is 28.7 Å². The van der Waals surface area contributed by atoms with Crippen molar-refractivity contribution in [1.82, 2.24) is 9.59 Å². The molecule has 0 saturated carbocycles. The normalized spacial score (nSPS) is 10.6. The number of nitrogens with zero attached hydrogens (tertiary/aromatic N) is 2. The summed E-state index contributed by atoms with van der Waals surface area (Å²) in [5.41, 5.74) is 1.87. The maximum absolute atomic E-state index is 12.2. The lowest BCUT2D eigenvalue weighted by atomic mass is 10.1. The van der Waals surface area contributed by atoms with Crippen LogP contribution in [0.5, 0.6) is 0 Å². The number of rotatable bonds is 4. The number of carbonyl (C=O) groups excluding carboxylic acids is 1. The summed E-state index contributed by atoms with van der Waals surface area (Å²) in [6.45, 7) is 4.03. The van der Waals surface area contributed by atoms with Gasteiger partial charge < -0.3 is 0 Å². The van der Waals surface area contributed by atoms with Crippen LogP contribution in [0.1, 0.15) is 39.2 Å². The van der Waals surface area contributed by atoms with Crippen LogP contribution in [0.2, 0.25) is 0 Å². The first kappa shape index (κ1) is 11.4. The van der Waals surface area contributed by atoms with Gasteiger partial charge in [-0.25, -0.2) is 0 Å². The predicted octanol–water partition coefficient (Wildman–Crippen LogP) is 3.09. The van der Waals surface area contributed by atoms with E-state index in [4.69, 9.17) is 0 Å². The van der Waals surface area contributed by atoms with Crippen molar-refractivity contribution in [2.24, 2.45) is 0 Å². The molecule has 0 aliphatic heterocycles. The highest BCUT2D eigenvalue weighted by Crippen LogP contribution is 2.23. The van der Waals surface area contributed by atoms with Crippen LogP contribution in [-0.2, 0) is 6.42 Å². The number of thiophene rings is 1. The molecule has 5 heteroatoms. The van der Waals surface area contributed by atoms with Crippen molar-refractivity contribution in [1.29, 1.82) is 0 Å². The molecule has 0 aliphatic carbocycles. The Labute approximate surface area is 102 Å². The van der Waals surface area contributed by atoms with E-state index in [2.05, 4.69) is 16.5 Å². The van der Waals surface area contributed by atoms with Gasteiger partial charge in [-0.1, -0.05) is 17.8 Å². The molecule has 2 aromatic rings. The molecule has 3 nitrogen and oxygen atoms in total. The Bertz CT molecular complexity index is 502. The Balaban J connectivity index is 2.34. The zero-order valence-corrected chi connectivity index (χ0v) is 10.8. The van der Waals surface area contributed by atoms with Gasteiger partial charge in [-0.05, 0) is 41.9 Å². The van der Waals surface area contributed by atoms with Crippen LogP contribution in [0.15, 0.2) is 11.4 Å². The van der Waals surface area contributed by atoms with Crippen molar-refractivity contribution in [3.05, 3.63) is 32.5 Å². The standard InChI is InChI=1S/C11H12N2OS2/c1-3-4-8-11(16-13-12-8)9(14)10-7(2)5-6-15-10/h5-6H,3-4H2,1-2H3. The number of carbonyl (C=O) groups is 1. The first-order valence-electron chi connectivity index (χ1n) is 5.14. The third-order valence-electron chi connectivity index (χ3n) is 2.32. The Morgan fingerprint density at radius 2 is 2.25 bits per heavy atom. The van der Waals surface area contributed by atoms with Gasteiger partial charge in [0.25, 0.3) is 0 Å². The molecule has 2 rings (SSSR count). The highest BCUT2D eigenvalue weighted by atomic mass is 32.1. The number of aromatic nitrogens is 2. The van der Waals surface area contributed by atoms with Gasteiger partial charge in [0.1, 0.15) is 4.88 Å². The van der Waals surface area contributed by atoms with E-state index < -0.39 is 0 Å². The van der Waals surface area contributed by atoms with Gasteiger partial charge in [0.15, 0.2) is 0 Å². The molecule has 0 N–H and O–H groups in total. The second-order valence-electron chi connectivity index (χ2n) is 3.56. The van der Waals surface area contributed by atoms with Gasteiger partial charge in [-0.2, -0.15) is 0 Å². The second kappa shape index (κ2) is 4.84. The molecule has 0 aliphatic rings. The zero-order valence-electron chi connectivity index (χ0n) is 9.19. The lowest BCUT2D eigenvalue weighted by Gasteiger charge is -1.98. The van der Waals surface area contributed by atoms with E-state index in [1.807, 2.05) is 18.4 Å². The van der Waals surface area contributed by atoms with Crippen LogP contribution in [0.25, 0.3) is 0 Å². The molecular formula is C11H12N2OS2. The van der Waals surface area contributed by atoms with Gasteiger partial charge in [0.2, 0.25) is 5.78 Å². The van der Waals surface area contributed by atoms with E-state index >= 15 is 0 Å². The summed E-state index contributed by atoms with van der Waals surface area (Å²) in [6.07, 6.45) is 1.80. The zero-order chi connectivity index (χ0) is 11.5. The second-order valence-corrected chi connectivity index (χ2v) is 5.23. The van der Waals surface area contributed by atoms with E-state index in [9.17, 15) is 4.79 Å². The summed E-state index contributed by atoms with van der Waals surface area (Å²) < 4.78 is 3.88. The molecule has 0 atom stereocenters. The molecule has 0 spiro atoms. The van der Waals surface area contributed by atoms with Crippen molar-refractivity contribution < 1.29 is 4.79 Å². The topological polar surface area (TPSA) is 42.9 Å². The molecule has 2 aromatic heterocycles. The molecule has 16 heavy (non-hydrogen) atoms. The molecular weight excluding hydrogens is 240 g/mol. The molecule has 0 saturated heterocycles. The smallest absolute Gasteiger partial charge is 0.216 e. The highest BCUT2D eigenvalue weighted by Gasteiger charge is 2.19. The molecule has 0 bridgehead atoms. The minimum atomic E-state index is 0.0750. The summed E-state index contributed by atoms with van der Waals surface area (Å²) >= 11 is 2.68. The largest absolute Gasteiger partial charge is 0.287 e. The molecule has 0 radical (unpaired) electrons.